The molecule has 3 amide bonds. The predicted octanol–water partition coefficient (Wildman–Crippen LogP) is 5.95. The van der Waals surface area contributed by atoms with Crippen molar-refractivity contribution in [3.63, 3.8) is 0 Å². The predicted molar refractivity (Wildman–Crippen MR) is 149 cm³/mol. The topological polar surface area (TPSA) is 68.2 Å². The van der Waals surface area contributed by atoms with Gasteiger partial charge in [-0.2, -0.15) is 0 Å². The summed E-state index contributed by atoms with van der Waals surface area (Å²) in [6, 6.07) is 25.1. The Hall–Kier alpha value is -3.69. The van der Waals surface area contributed by atoms with E-state index < -0.39 is 0 Å². The van der Waals surface area contributed by atoms with E-state index in [1.54, 1.807) is 36.8 Å². The first kappa shape index (κ1) is 24.0. The van der Waals surface area contributed by atoms with Crippen molar-refractivity contribution in [1.29, 1.82) is 0 Å². The van der Waals surface area contributed by atoms with Gasteiger partial charge in [0.05, 0.1) is 22.9 Å². The number of fused-ring (bicyclic) bond motifs is 1. The van der Waals surface area contributed by atoms with Crippen LogP contribution >= 0.6 is 23.5 Å². The highest BCUT2D eigenvalue weighted by Crippen LogP contribution is 2.50. The lowest BCUT2D eigenvalue weighted by atomic mass is 10.2. The molecule has 5 rings (SSSR count). The second-order valence-corrected chi connectivity index (χ2v) is 10.5. The summed E-state index contributed by atoms with van der Waals surface area (Å²) in [6.45, 7) is 0.417. The number of para-hydroxylation sites is 1. The van der Waals surface area contributed by atoms with Crippen molar-refractivity contribution in [2.24, 2.45) is 4.99 Å². The van der Waals surface area contributed by atoms with Crippen molar-refractivity contribution in [2.75, 3.05) is 31.4 Å². The van der Waals surface area contributed by atoms with Crippen LogP contribution in [0.15, 0.2) is 98.7 Å². The summed E-state index contributed by atoms with van der Waals surface area (Å²) < 4.78 is 0. The van der Waals surface area contributed by atoms with Crippen molar-refractivity contribution in [2.45, 2.75) is 11.4 Å². The Bertz CT molecular complexity index is 1390. The number of thioether (sulfide) groups is 2. The number of carbonyl (C=O) groups excluding carboxylic acids is 2. The first-order valence-electron chi connectivity index (χ1n) is 11.4. The van der Waals surface area contributed by atoms with Crippen LogP contribution in [0, 0.1) is 0 Å². The molecule has 3 aromatic carbocycles. The van der Waals surface area contributed by atoms with E-state index in [1.165, 1.54) is 16.7 Å². The molecule has 2 aliphatic rings. The zero-order chi connectivity index (χ0) is 25.2. The minimum absolute atomic E-state index is 0.0678. The molecule has 0 aliphatic carbocycles. The highest BCUT2D eigenvalue weighted by atomic mass is 32.2. The molecule has 1 fully saturated rings. The molecule has 2 heterocycles. The van der Waals surface area contributed by atoms with Gasteiger partial charge in [0.25, 0.3) is 5.91 Å². The number of nitrogens with one attached hydrogen (secondary N) is 1. The molecule has 7 nitrogen and oxygen atoms in total. The van der Waals surface area contributed by atoms with Gasteiger partial charge in [-0.25, -0.2) is 9.79 Å². The van der Waals surface area contributed by atoms with Crippen LogP contribution in [0.25, 0.3) is 0 Å². The monoisotopic (exact) mass is 515 g/mol. The van der Waals surface area contributed by atoms with Gasteiger partial charge in [0.15, 0.2) is 5.17 Å². The van der Waals surface area contributed by atoms with Gasteiger partial charge >= 0.3 is 6.03 Å². The van der Waals surface area contributed by atoms with Crippen molar-refractivity contribution in [3.8, 4) is 0 Å². The largest absolute Gasteiger partial charge is 0.337 e. The summed E-state index contributed by atoms with van der Waals surface area (Å²) in [5, 5.41) is 4.36. The van der Waals surface area contributed by atoms with Crippen LogP contribution in [0.4, 0.5) is 21.9 Å². The molecule has 1 N–H and O–H groups in total. The number of hydrogen-bond donors (Lipinski definition) is 1. The highest BCUT2D eigenvalue weighted by Gasteiger charge is 2.39. The van der Waals surface area contributed by atoms with Crippen molar-refractivity contribution in [3.05, 3.63) is 94.4 Å². The summed E-state index contributed by atoms with van der Waals surface area (Å²) in [4.78, 5) is 37.7. The average Bonchev–Trinajstić information content (AvgIpc) is 3.36. The maximum Gasteiger partial charge on any atom is 0.321 e. The van der Waals surface area contributed by atoms with Gasteiger partial charge in [0.1, 0.15) is 4.91 Å². The second kappa shape index (κ2) is 10.1. The van der Waals surface area contributed by atoms with E-state index in [-0.39, 0.29) is 11.9 Å². The summed E-state index contributed by atoms with van der Waals surface area (Å²) in [6.07, 6.45) is 0. The number of aliphatic imine (C=N–C) groups is 1. The van der Waals surface area contributed by atoms with Gasteiger partial charge in [-0.15, -0.1) is 0 Å². The zero-order valence-electron chi connectivity index (χ0n) is 20.1. The van der Waals surface area contributed by atoms with Crippen LogP contribution in [0.2, 0.25) is 0 Å². The van der Waals surface area contributed by atoms with E-state index >= 15 is 0 Å². The molecule has 9 heteroatoms. The lowest BCUT2D eigenvalue weighted by molar-refractivity contribution is -0.122. The minimum Gasteiger partial charge on any atom is -0.337 e. The van der Waals surface area contributed by atoms with Crippen LogP contribution in [-0.2, 0) is 11.3 Å². The van der Waals surface area contributed by atoms with Gasteiger partial charge in [-0.3, -0.25) is 9.69 Å². The average molecular weight is 516 g/mol. The molecule has 1 saturated heterocycles. The van der Waals surface area contributed by atoms with Crippen LogP contribution < -0.4 is 10.2 Å². The quantitative estimate of drug-likeness (QED) is 0.435. The van der Waals surface area contributed by atoms with Crippen LogP contribution in [-0.4, -0.2) is 48.0 Å². The fourth-order valence-corrected chi connectivity index (χ4v) is 6.17. The Morgan fingerprint density at radius 3 is 2.47 bits per heavy atom. The Morgan fingerprint density at radius 2 is 1.72 bits per heavy atom. The van der Waals surface area contributed by atoms with E-state index in [4.69, 9.17) is 4.99 Å². The SMILES string of the molecule is CN(C)C(=O)Nc1cccc(/N=C2\S/C(=C3\Sc4ccccc4N3C)C(=O)N2Cc2ccccc2)c1. The summed E-state index contributed by atoms with van der Waals surface area (Å²) in [5.41, 5.74) is 3.40. The zero-order valence-corrected chi connectivity index (χ0v) is 21.8. The molecule has 182 valence electrons. The lowest BCUT2D eigenvalue weighted by Gasteiger charge is -2.17. The van der Waals surface area contributed by atoms with Gasteiger partial charge in [0.2, 0.25) is 0 Å². The number of hydrogen-bond acceptors (Lipinski definition) is 6. The number of amides is 3. The molecular weight excluding hydrogens is 490 g/mol. The molecule has 0 saturated carbocycles. The molecule has 0 radical (unpaired) electrons. The van der Waals surface area contributed by atoms with E-state index in [9.17, 15) is 9.59 Å². The van der Waals surface area contributed by atoms with E-state index in [0.29, 0.717) is 28.0 Å². The van der Waals surface area contributed by atoms with Crippen molar-refractivity contribution < 1.29 is 9.59 Å². The van der Waals surface area contributed by atoms with Gasteiger partial charge < -0.3 is 15.1 Å². The summed E-state index contributed by atoms with van der Waals surface area (Å²) >= 11 is 2.99. The molecule has 0 spiro atoms. The van der Waals surface area contributed by atoms with Crippen molar-refractivity contribution in [1.82, 2.24) is 9.80 Å². The number of anilines is 2. The Morgan fingerprint density at radius 1 is 0.972 bits per heavy atom. The third kappa shape index (κ3) is 4.84. The van der Waals surface area contributed by atoms with Gasteiger partial charge in [0, 0.05) is 31.7 Å². The molecule has 3 aromatic rings. The van der Waals surface area contributed by atoms with Crippen LogP contribution in [0.3, 0.4) is 0 Å². The minimum atomic E-state index is -0.219. The summed E-state index contributed by atoms with van der Waals surface area (Å²) in [7, 11) is 5.36. The normalized spacial score (nSPS) is 18.1. The van der Waals surface area contributed by atoms with Gasteiger partial charge in [-0.05, 0) is 47.7 Å². The fraction of sp³-hybridized carbons (Fsp3) is 0.148. The van der Waals surface area contributed by atoms with Crippen LogP contribution in [0.1, 0.15) is 5.56 Å². The standard InChI is InChI=1S/C27H25N5O2S2/c1-30(2)26(34)28-19-12-9-13-20(16-19)29-27-32(17-18-10-5-4-6-11-18)24(33)23(36-27)25-31(3)21-14-7-8-15-22(21)35-25/h4-16H,17H2,1-3H3,(H,28,34)/b25-23-,29-27-. The molecule has 0 atom stereocenters. The molecular formula is C27H25N5O2S2. The first-order valence-corrected chi connectivity index (χ1v) is 13.0. The Balaban J connectivity index is 1.51. The third-order valence-electron chi connectivity index (χ3n) is 5.71. The third-order valence-corrected chi connectivity index (χ3v) is 8.14. The smallest absolute Gasteiger partial charge is 0.321 e. The van der Waals surface area contributed by atoms with E-state index in [1.807, 2.05) is 67.7 Å². The molecule has 0 bridgehead atoms. The van der Waals surface area contributed by atoms with E-state index in [0.717, 1.165) is 21.2 Å². The number of urea groups is 1. The number of carbonyl (C=O) groups is 2. The number of benzene rings is 3. The first-order chi connectivity index (χ1) is 17.4. The number of amidine groups is 1. The van der Waals surface area contributed by atoms with Crippen LogP contribution in [0.5, 0.6) is 0 Å². The Kier molecular flexibility index (Phi) is 6.75. The van der Waals surface area contributed by atoms with Gasteiger partial charge in [-0.1, -0.05) is 60.3 Å². The molecule has 36 heavy (non-hydrogen) atoms. The molecule has 0 aromatic heterocycles. The fourth-order valence-electron chi connectivity index (χ4n) is 3.82. The molecule has 2 aliphatic heterocycles. The number of nitrogens with zero attached hydrogens (tertiary/aromatic N) is 4. The van der Waals surface area contributed by atoms with E-state index in [2.05, 4.69) is 22.3 Å². The second-order valence-electron chi connectivity index (χ2n) is 8.51. The maximum atomic E-state index is 13.7. The lowest BCUT2D eigenvalue weighted by Crippen LogP contribution is -2.29. The van der Waals surface area contributed by atoms with Crippen molar-refractivity contribution >= 4 is 57.7 Å². The summed E-state index contributed by atoms with van der Waals surface area (Å²) in [5.74, 6) is -0.0678. The Labute approximate surface area is 218 Å². The number of rotatable bonds is 4. The highest BCUT2D eigenvalue weighted by molar-refractivity contribution is 8.19. The maximum absolute atomic E-state index is 13.7. The molecule has 0 unspecified atom stereocenters.